The second-order valence-electron chi connectivity index (χ2n) is 8.08. The third-order valence-corrected chi connectivity index (χ3v) is 6.51. The van der Waals surface area contributed by atoms with Gasteiger partial charge in [-0.05, 0) is 37.3 Å². The summed E-state index contributed by atoms with van der Waals surface area (Å²) in [5.41, 5.74) is 4.02. The van der Waals surface area contributed by atoms with E-state index >= 15 is 0 Å². The summed E-state index contributed by atoms with van der Waals surface area (Å²) in [6.45, 7) is 0.619. The SMILES string of the molecule is O=C(O)C1CC2CCCCC2N1Cc1c(-c2ccccc2)nc2ccccn12. The van der Waals surface area contributed by atoms with Crippen molar-refractivity contribution in [2.45, 2.75) is 50.7 Å². The van der Waals surface area contributed by atoms with Crippen molar-refractivity contribution < 1.29 is 9.90 Å². The topological polar surface area (TPSA) is 57.8 Å². The van der Waals surface area contributed by atoms with Crippen molar-refractivity contribution >= 4 is 11.6 Å². The van der Waals surface area contributed by atoms with E-state index in [4.69, 9.17) is 4.98 Å². The van der Waals surface area contributed by atoms with Crippen LogP contribution in [0.15, 0.2) is 54.7 Å². The first-order valence-corrected chi connectivity index (χ1v) is 10.2. The number of carbonyl (C=O) groups is 1. The third-order valence-electron chi connectivity index (χ3n) is 6.51. The van der Waals surface area contributed by atoms with Gasteiger partial charge in [0.05, 0.1) is 11.4 Å². The molecular formula is C23H25N3O2. The highest BCUT2D eigenvalue weighted by atomic mass is 16.4. The molecule has 0 amide bonds. The highest BCUT2D eigenvalue weighted by molar-refractivity contribution is 5.74. The highest BCUT2D eigenvalue weighted by Gasteiger charge is 2.45. The lowest BCUT2D eigenvalue weighted by molar-refractivity contribution is -0.142. The molecule has 2 aromatic heterocycles. The largest absolute Gasteiger partial charge is 0.480 e. The van der Waals surface area contributed by atoms with Crippen molar-refractivity contribution in [2.24, 2.45) is 5.92 Å². The highest BCUT2D eigenvalue weighted by Crippen LogP contribution is 2.41. The lowest BCUT2D eigenvalue weighted by Gasteiger charge is -2.33. The van der Waals surface area contributed by atoms with E-state index < -0.39 is 12.0 Å². The maximum atomic E-state index is 12.0. The number of hydrogen-bond acceptors (Lipinski definition) is 3. The van der Waals surface area contributed by atoms with Gasteiger partial charge >= 0.3 is 5.97 Å². The first kappa shape index (κ1) is 17.4. The Kier molecular flexibility index (Phi) is 4.40. The average Bonchev–Trinajstić information content (AvgIpc) is 3.28. The molecule has 3 heterocycles. The van der Waals surface area contributed by atoms with Crippen molar-refractivity contribution in [2.75, 3.05) is 0 Å². The van der Waals surface area contributed by atoms with E-state index in [2.05, 4.69) is 21.4 Å². The average molecular weight is 375 g/mol. The van der Waals surface area contributed by atoms with Crippen LogP contribution in [0.25, 0.3) is 16.9 Å². The molecule has 5 rings (SSSR count). The van der Waals surface area contributed by atoms with Gasteiger partial charge < -0.3 is 9.51 Å². The molecule has 3 unspecified atom stereocenters. The summed E-state index contributed by atoms with van der Waals surface area (Å²) < 4.78 is 2.12. The smallest absolute Gasteiger partial charge is 0.320 e. The Morgan fingerprint density at radius 2 is 1.86 bits per heavy atom. The molecule has 2 fully saturated rings. The Morgan fingerprint density at radius 1 is 1.07 bits per heavy atom. The van der Waals surface area contributed by atoms with E-state index in [-0.39, 0.29) is 0 Å². The molecule has 1 aromatic carbocycles. The molecule has 1 aliphatic heterocycles. The molecule has 5 nitrogen and oxygen atoms in total. The summed E-state index contributed by atoms with van der Waals surface area (Å²) in [5.74, 6) is -0.182. The lowest BCUT2D eigenvalue weighted by Crippen LogP contribution is -2.42. The molecular weight excluding hydrogens is 350 g/mol. The van der Waals surface area contributed by atoms with Gasteiger partial charge in [-0.1, -0.05) is 49.2 Å². The summed E-state index contributed by atoms with van der Waals surface area (Å²) in [5, 5.41) is 9.89. The van der Waals surface area contributed by atoms with Crippen molar-refractivity contribution in [3.05, 3.63) is 60.4 Å². The predicted molar refractivity (Wildman–Crippen MR) is 108 cm³/mol. The van der Waals surface area contributed by atoms with E-state index in [1.807, 2.05) is 42.6 Å². The molecule has 0 bridgehead atoms. The number of aliphatic carboxylic acids is 1. The Balaban J connectivity index is 1.59. The van der Waals surface area contributed by atoms with Gasteiger partial charge in [0, 0.05) is 24.3 Å². The fraction of sp³-hybridized carbons (Fsp3) is 0.391. The summed E-state index contributed by atoms with van der Waals surface area (Å²) >= 11 is 0. The van der Waals surface area contributed by atoms with Crippen LogP contribution in [0.4, 0.5) is 0 Å². The molecule has 3 aromatic rings. The number of likely N-dealkylation sites (tertiary alicyclic amines) is 1. The zero-order valence-electron chi connectivity index (χ0n) is 15.9. The van der Waals surface area contributed by atoms with Gasteiger partial charge in [-0.25, -0.2) is 4.98 Å². The maximum Gasteiger partial charge on any atom is 0.320 e. The standard InChI is InChI=1S/C23H25N3O2/c27-23(28)19-14-17-10-4-5-11-18(17)26(19)15-20-22(16-8-2-1-3-9-16)24-21-12-6-7-13-25(20)21/h1-3,6-9,12-13,17-19H,4-5,10-11,14-15H2,(H,27,28). The second-order valence-corrected chi connectivity index (χ2v) is 8.08. The molecule has 0 spiro atoms. The van der Waals surface area contributed by atoms with Crippen molar-refractivity contribution in [1.82, 2.24) is 14.3 Å². The number of pyridine rings is 1. The minimum absolute atomic E-state index is 0.368. The summed E-state index contributed by atoms with van der Waals surface area (Å²) in [6, 6.07) is 16.2. The van der Waals surface area contributed by atoms with Gasteiger partial charge in [0.2, 0.25) is 0 Å². The van der Waals surface area contributed by atoms with Crippen LogP contribution in [0.1, 0.15) is 37.8 Å². The number of benzene rings is 1. The quantitative estimate of drug-likeness (QED) is 0.742. The van der Waals surface area contributed by atoms with Crippen LogP contribution in [-0.2, 0) is 11.3 Å². The third kappa shape index (κ3) is 2.90. The number of imidazole rings is 1. The molecule has 1 saturated heterocycles. The van der Waals surface area contributed by atoms with Crippen LogP contribution < -0.4 is 0 Å². The number of rotatable bonds is 4. The Bertz CT molecular complexity index is 998. The van der Waals surface area contributed by atoms with E-state index in [9.17, 15) is 9.90 Å². The summed E-state index contributed by atoms with van der Waals surface area (Å²) in [4.78, 5) is 19.2. The molecule has 1 saturated carbocycles. The molecule has 28 heavy (non-hydrogen) atoms. The van der Waals surface area contributed by atoms with E-state index in [0.29, 0.717) is 18.5 Å². The summed E-state index contributed by atoms with van der Waals surface area (Å²) in [7, 11) is 0. The van der Waals surface area contributed by atoms with Crippen LogP contribution in [0.5, 0.6) is 0 Å². The van der Waals surface area contributed by atoms with Gasteiger partial charge in [-0.3, -0.25) is 9.69 Å². The van der Waals surface area contributed by atoms with Gasteiger partial charge in [0.15, 0.2) is 0 Å². The van der Waals surface area contributed by atoms with Crippen molar-refractivity contribution in [1.29, 1.82) is 0 Å². The number of hydrogen-bond donors (Lipinski definition) is 1. The predicted octanol–water partition coefficient (Wildman–Crippen LogP) is 4.22. The van der Waals surface area contributed by atoms with Gasteiger partial charge in [-0.15, -0.1) is 0 Å². The van der Waals surface area contributed by atoms with Crippen LogP contribution in [0.3, 0.4) is 0 Å². The van der Waals surface area contributed by atoms with Gasteiger partial charge in [0.25, 0.3) is 0 Å². The normalized spacial score (nSPS) is 25.1. The van der Waals surface area contributed by atoms with Crippen molar-refractivity contribution in [3.63, 3.8) is 0 Å². The number of carboxylic acid groups (broad SMARTS) is 1. The molecule has 0 radical (unpaired) electrons. The minimum atomic E-state index is -0.690. The van der Waals surface area contributed by atoms with Crippen LogP contribution in [-0.4, -0.2) is 37.4 Å². The monoisotopic (exact) mass is 375 g/mol. The number of carboxylic acids is 1. The van der Waals surface area contributed by atoms with Crippen LogP contribution in [0.2, 0.25) is 0 Å². The zero-order chi connectivity index (χ0) is 19.1. The Morgan fingerprint density at radius 3 is 2.68 bits per heavy atom. The second kappa shape index (κ2) is 7.06. The van der Waals surface area contributed by atoms with Crippen molar-refractivity contribution in [3.8, 4) is 11.3 Å². The first-order valence-electron chi connectivity index (χ1n) is 10.2. The fourth-order valence-electron chi connectivity index (χ4n) is 5.22. The van der Waals surface area contributed by atoms with E-state index in [0.717, 1.165) is 41.9 Å². The van der Waals surface area contributed by atoms with Gasteiger partial charge in [0.1, 0.15) is 11.7 Å². The number of fused-ring (bicyclic) bond motifs is 2. The molecule has 1 N–H and O–H groups in total. The fourth-order valence-corrected chi connectivity index (χ4v) is 5.22. The minimum Gasteiger partial charge on any atom is -0.480 e. The molecule has 144 valence electrons. The zero-order valence-corrected chi connectivity index (χ0v) is 15.9. The first-order chi connectivity index (χ1) is 13.7. The van der Waals surface area contributed by atoms with Gasteiger partial charge in [-0.2, -0.15) is 0 Å². The Hall–Kier alpha value is -2.66. The number of aromatic nitrogens is 2. The molecule has 1 aliphatic carbocycles. The molecule has 2 aliphatic rings. The maximum absolute atomic E-state index is 12.0. The lowest BCUT2D eigenvalue weighted by atomic mass is 9.84. The Labute approximate surface area is 164 Å². The van der Waals surface area contributed by atoms with E-state index in [1.54, 1.807) is 0 Å². The van der Waals surface area contributed by atoms with Crippen LogP contribution >= 0.6 is 0 Å². The molecule has 5 heteroatoms. The van der Waals surface area contributed by atoms with E-state index in [1.165, 1.54) is 12.8 Å². The number of nitrogens with zero attached hydrogens (tertiary/aromatic N) is 3. The van der Waals surface area contributed by atoms with Crippen LogP contribution in [0, 0.1) is 5.92 Å². The summed E-state index contributed by atoms with van der Waals surface area (Å²) in [6.07, 6.45) is 7.50. The molecule has 3 atom stereocenters.